The van der Waals surface area contributed by atoms with Gasteiger partial charge in [0.05, 0.1) is 0 Å². The molecule has 1 aromatic carbocycles. The second-order valence-corrected chi connectivity index (χ2v) is 2.44. The van der Waals surface area contributed by atoms with E-state index in [1.165, 1.54) is 0 Å². The molecule has 0 aliphatic carbocycles. The summed E-state index contributed by atoms with van der Waals surface area (Å²) in [6.45, 7) is -1.10. The second-order valence-electron chi connectivity index (χ2n) is 2.44. The van der Waals surface area contributed by atoms with Gasteiger partial charge < -0.3 is 9.84 Å². The van der Waals surface area contributed by atoms with E-state index >= 15 is 0 Å². The monoisotopic (exact) mass is 210 g/mol. The normalized spacial score (nSPS) is 10.6. The highest BCUT2D eigenvalue weighted by Crippen LogP contribution is 2.26. The first-order valence-corrected chi connectivity index (χ1v) is 3.59. The van der Waals surface area contributed by atoms with E-state index in [1.54, 1.807) is 0 Å². The van der Waals surface area contributed by atoms with E-state index in [4.69, 9.17) is 5.11 Å². The van der Waals surface area contributed by atoms with Crippen molar-refractivity contribution in [2.75, 3.05) is 6.61 Å². The Morgan fingerprint density at radius 1 is 1.21 bits per heavy atom. The summed E-state index contributed by atoms with van der Waals surface area (Å²) in [5.74, 6) is -3.99. The van der Waals surface area contributed by atoms with Crippen LogP contribution in [-0.2, 0) is 0 Å². The number of halogens is 4. The average molecular weight is 210 g/mol. The van der Waals surface area contributed by atoms with Crippen LogP contribution in [-0.4, -0.2) is 18.1 Å². The van der Waals surface area contributed by atoms with Crippen LogP contribution in [0.4, 0.5) is 17.6 Å². The van der Waals surface area contributed by atoms with E-state index in [0.717, 1.165) is 0 Å². The van der Waals surface area contributed by atoms with Gasteiger partial charge in [0.25, 0.3) is 6.43 Å². The quantitative estimate of drug-likeness (QED) is 0.775. The van der Waals surface area contributed by atoms with Gasteiger partial charge in [-0.25, -0.2) is 17.6 Å². The fraction of sp³-hybridized carbons (Fsp3) is 0.250. The van der Waals surface area contributed by atoms with E-state index < -0.39 is 36.2 Å². The lowest BCUT2D eigenvalue weighted by Gasteiger charge is -2.07. The molecule has 0 saturated heterocycles. The van der Waals surface area contributed by atoms with Crippen molar-refractivity contribution in [1.82, 2.24) is 0 Å². The number of aromatic hydroxyl groups is 1. The van der Waals surface area contributed by atoms with Crippen molar-refractivity contribution in [3.05, 3.63) is 23.8 Å². The summed E-state index contributed by atoms with van der Waals surface area (Å²) in [6.07, 6.45) is -2.82. The predicted octanol–water partition coefficient (Wildman–Crippen LogP) is 2.31. The van der Waals surface area contributed by atoms with Gasteiger partial charge in [-0.1, -0.05) is 0 Å². The molecule has 0 heterocycles. The first-order valence-electron chi connectivity index (χ1n) is 3.59. The molecule has 0 aliphatic heterocycles. The van der Waals surface area contributed by atoms with Crippen LogP contribution in [0, 0.1) is 11.6 Å². The van der Waals surface area contributed by atoms with Gasteiger partial charge in [-0.05, 0) is 0 Å². The Bertz CT molecular complexity index is 304. The van der Waals surface area contributed by atoms with Gasteiger partial charge >= 0.3 is 0 Å². The molecule has 1 rings (SSSR count). The molecule has 0 aromatic heterocycles. The fourth-order valence-corrected chi connectivity index (χ4v) is 0.831. The average Bonchev–Trinajstić information content (AvgIpc) is 2.01. The summed E-state index contributed by atoms with van der Waals surface area (Å²) in [5, 5.41) is 8.71. The molecule has 6 heteroatoms. The molecule has 0 saturated carbocycles. The lowest BCUT2D eigenvalue weighted by atomic mass is 10.3. The maximum absolute atomic E-state index is 12.8. The van der Waals surface area contributed by atoms with E-state index in [-0.39, 0.29) is 0 Å². The third kappa shape index (κ3) is 2.51. The number of hydrogen-bond acceptors (Lipinski definition) is 2. The molecular formula is C8H6F4O2. The predicted molar refractivity (Wildman–Crippen MR) is 39.5 cm³/mol. The van der Waals surface area contributed by atoms with Crippen LogP contribution in [0.2, 0.25) is 0 Å². The first kappa shape index (κ1) is 10.6. The zero-order chi connectivity index (χ0) is 10.7. The molecule has 0 atom stereocenters. The maximum atomic E-state index is 12.8. The van der Waals surface area contributed by atoms with Crippen LogP contribution in [0.15, 0.2) is 12.1 Å². The standard InChI is InChI=1S/C8H6F4O2/c9-5-1-4(13)2-6(10)8(5)14-3-7(11)12/h1-2,7,13H,3H2. The van der Waals surface area contributed by atoms with E-state index in [0.29, 0.717) is 12.1 Å². The minimum Gasteiger partial charge on any atom is -0.508 e. The zero-order valence-electron chi connectivity index (χ0n) is 6.81. The molecule has 1 N–H and O–H groups in total. The number of phenols is 1. The van der Waals surface area contributed by atoms with Crippen molar-refractivity contribution in [1.29, 1.82) is 0 Å². The second kappa shape index (κ2) is 4.17. The molecule has 1 aromatic rings. The molecule has 0 aliphatic rings. The molecule has 78 valence electrons. The molecule has 0 spiro atoms. The lowest BCUT2D eigenvalue weighted by molar-refractivity contribution is 0.0776. The molecule has 0 unspecified atom stereocenters. The smallest absolute Gasteiger partial charge is 0.272 e. The number of phenolic OH excluding ortho intramolecular Hbond substituents is 1. The van der Waals surface area contributed by atoms with Gasteiger partial charge in [0.1, 0.15) is 12.4 Å². The van der Waals surface area contributed by atoms with Crippen LogP contribution in [0.3, 0.4) is 0 Å². The minimum atomic E-state index is -2.82. The van der Waals surface area contributed by atoms with E-state index in [9.17, 15) is 17.6 Å². The number of alkyl halides is 2. The van der Waals surface area contributed by atoms with Crippen LogP contribution in [0.5, 0.6) is 11.5 Å². The highest BCUT2D eigenvalue weighted by molar-refractivity contribution is 5.33. The highest BCUT2D eigenvalue weighted by atomic mass is 19.3. The van der Waals surface area contributed by atoms with Gasteiger partial charge in [0, 0.05) is 12.1 Å². The summed E-state index contributed by atoms with van der Waals surface area (Å²) in [4.78, 5) is 0. The Hall–Kier alpha value is -1.46. The summed E-state index contributed by atoms with van der Waals surface area (Å²) in [7, 11) is 0. The topological polar surface area (TPSA) is 29.5 Å². The lowest BCUT2D eigenvalue weighted by Crippen LogP contribution is -2.09. The zero-order valence-corrected chi connectivity index (χ0v) is 6.81. The molecule has 0 bridgehead atoms. The van der Waals surface area contributed by atoms with Crippen LogP contribution in [0.25, 0.3) is 0 Å². The van der Waals surface area contributed by atoms with Crippen molar-refractivity contribution in [3.63, 3.8) is 0 Å². The highest BCUT2D eigenvalue weighted by Gasteiger charge is 2.14. The Balaban J connectivity index is 2.86. The molecule has 14 heavy (non-hydrogen) atoms. The van der Waals surface area contributed by atoms with Gasteiger partial charge in [0.15, 0.2) is 17.4 Å². The van der Waals surface area contributed by atoms with Crippen LogP contribution >= 0.6 is 0 Å². The molecule has 0 fully saturated rings. The first-order chi connectivity index (χ1) is 6.50. The van der Waals surface area contributed by atoms with Crippen molar-refractivity contribution in [2.45, 2.75) is 6.43 Å². The van der Waals surface area contributed by atoms with Gasteiger partial charge in [0.2, 0.25) is 0 Å². The van der Waals surface area contributed by atoms with Crippen LogP contribution in [0.1, 0.15) is 0 Å². The van der Waals surface area contributed by atoms with Crippen molar-refractivity contribution >= 4 is 0 Å². The fourth-order valence-electron chi connectivity index (χ4n) is 0.831. The number of hydrogen-bond donors (Lipinski definition) is 1. The third-order valence-corrected chi connectivity index (χ3v) is 1.34. The maximum Gasteiger partial charge on any atom is 0.272 e. The summed E-state index contributed by atoms with van der Waals surface area (Å²) >= 11 is 0. The van der Waals surface area contributed by atoms with Gasteiger partial charge in [-0.15, -0.1) is 0 Å². The van der Waals surface area contributed by atoms with Crippen LogP contribution < -0.4 is 4.74 Å². The van der Waals surface area contributed by atoms with E-state index in [1.807, 2.05) is 0 Å². The number of benzene rings is 1. The number of rotatable bonds is 3. The SMILES string of the molecule is Oc1cc(F)c(OCC(F)F)c(F)c1. The van der Waals surface area contributed by atoms with Crippen molar-refractivity contribution < 1.29 is 27.4 Å². The molecule has 2 nitrogen and oxygen atoms in total. The summed E-state index contributed by atoms with van der Waals surface area (Å²) < 4.78 is 53.0. The molecule has 0 amide bonds. The molecular weight excluding hydrogens is 204 g/mol. The minimum absolute atomic E-state index is 0.573. The Kier molecular flexibility index (Phi) is 3.16. The van der Waals surface area contributed by atoms with Crippen molar-refractivity contribution in [3.8, 4) is 11.5 Å². The van der Waals surface area contributed by atoms with Gasteiger partial charge in [-0.2, -0.15) is 0 Å². The van der Waals surface area contributed by atoms with Crippen molar-refractivity contribution in [2.24, 2.45) is 0 Å². The number of ether oxygens (including phenoxy) is 1. The Labute approximate surface area is 76.7 Å². The molecule has 0 radical (unpaired) electrons. The third-order valence-electron chi connectivity index (χ3n) is 1.34. The Morgan fingerprint density at radius 3 is 2.14 bits per heavy atom. The largest absolute Gasteiger partial charge is 0.508 e. The van der Waals surface area contributed by atoms with E-state index in [2.05, 4.69) is 4.74 Å². The summed E-state index contributed by atoms with van der Waals surface area (Å²) in [6, 6.07) is 1.15. The van der Waals surface area contributed by atoms with Gasteiger partial charge in [-0.3, -0.25) is 0 Å². The Morgan fingerprint density at radius 2 is 1.71 bits per heavy atom. The summed E-state index contributed by atoms with van der Waals surface area (Å²) in [5.41, 5.74) is 0.